The lowest BCUT2D eigenvalue weighted by molar-refractivity contribution is -0.122. The summed E-state index contributed by atoms with van der Waals surface area (Å²) in [4.78, 5) is 26.0. The number of tetrazole rings is 1. The number of sulfonamides is 1. The van der Waals surface area contributed by atoms with Crippen molar-refractivity contribution in [2.24, 2.45) is 0 Å². The van der Waals surface area contributed by atoms with Gasteiger partial charge in [0.25, 0.3) is 15.9 Å². The second-order valence-electron chi connectivity index (χ2n) is 6.37. The average molecular weight is 429 g/mol. The molecule has 0 aliphatic carbocycles. The number of nitrogens with one attached hydrogen (secondary N) is 3. The molecule has 0 spiro atoms. The number of rotatable bonds is 7. The zero-order valence-corrected chi connectivity index (χ0v) is 17.0. The maximum atomic E-state index is 12.3. The molecule has 30 heavy (non-hydrogen) atoms. The third-order valence-electron chi connectivity index (χ3n) is 3.86. The standard InChI is InChI=1S/C18H19N7O4S/c1-12-3-5-14(6-4-12)18-21-23-25(22-18)11-17(27)20-24-30(28,29)16-9-7-15(8-10-16)19-13(2)26/h3-10,24H,11H2,1-2H3,(H,19,26)(H,20,27). The summed E-state index contributed by atoms with van der Waals surface area (Å²) in [5.74, 6) is -0.604. The third-order valence-corrected chi connectivity index (χ3v) is 5.12. The van der Waals surface area contributed by atoms with Crippen LogP contribution >= 0.6 is 0 Å². The summed E-state index contributed by atoms with van der Waals surface area (Å²) in [7, 11) is -4.00. The lowest BCUT2D eigenvalue weighted by Gasteiger charge is -2.09. The Labute approximate surface area is 172 Å². The van der Waals surface area contributed by atoms with Gasteiger partial charge in [0, 0.05) is 18.2 Å². The number of carbonyl (C=O) groups is 2. The van der Waals surface area contributed by atoms with Gasteiger partial charge in [-0.05, 0) is 36.4 Å². The molecular weight excluding hydrogens is 410 g/mol. The molecule has 1 aromatic heterocycles. The number of anilines is 1. The van der Waals surface area contributed by atoms with Crippen LogP contribution in [0.2, 0.25) is 0 Å². The first-order valence-electron chi connectivity index (χ1n) is 8.76. The summed E-state index contributed by atoms with van der Waals surface area (Å²) in [6.45, 7) is 2.97. The zero-order chi connectivity index (χ0) is 21.7. The van der Waals surface area contributed by atoms with Crippen LogP contribution in [0.3, 0.4) is 0 Å². The van der Waals surface area contributed by atoms with E-state index < -0.39 is 15.9 Å². The Bertz CT molecular complexity index is 1160. The highest BCUT2D eigenvalue weighted by Crippen LogP contribution is 2.14. The summed E-state index contributed by atoms with van der Waals surface area (Å²) in [5, 5.41) is 14.3. The highest BCUT2D eigenvalue weighted by molar-refractivity contribution is 7.89. The van der Waals surface area contributed by atoms with E-state index in [9.17, 15) is 18.0 Å². The van der Waals surface area contributed by atoms with E-state index in [0.29, 0.717) is 11.5 Å². The van der Waals surface area contributed by atoms with Crippen molar-refractivity contribution in [3.8, 4) is 11.4 Å². The molecule has 2 amide bonds. The van der Waals surface area contributed by atoms with Crippen molar-refractivity contribution in [2.45, 2.75) is 25.3 Å². The van der Waals surface area contributed by atoms with Crippen molar-refractivity contribution in [2.75, 3.05) is 5.32 Å². The summed E-state index contributed by atoms with van der Waals surface area (Å²) in [6, 6.07) is 12.9. The van der Waals surface area contributed by atoms with Crippen LogP contribution in [-0.2, 0) is 26.2 Å². The Morgan fingerprint density at radius 1 is 1.03 bits per heavy atom. The van der Waals surface area contributed by atoms with E-state index in [1.54, 1.807) is 0 Å². The molecule has 0 aliphatic rings. The first-order valence-corrected chi connectivity index (χ1v) is 10.2. The van der Waals surface area contributed by atoms with E-state index in [1.165, 1.54) is 31.2 Å². The number of aryl methyl sites for hydroxylation is 1. The number of carbonyl (C=O) groups excluding carboxylic acids is 2. The molecule has 11 nitrogen and oxygen atoms in total. The molecule has 0 aliphatic heterocycles. The van der Waals surface area contributed by atoms with E-state index in [-0.39, 0.29) is 17.3 Å². The number of aromatic nitrogens is 4. The van der Waals surface area contributed by atoms with Gasteiger partial charge >= 0.3 is 0 Å². The quantitative estimate of drug-likeness (QED) is 0.466. The number of nitrogens with zero attached hydrogens (tertiary/aromatic N) is 4. The van der Waals surface area contributed by atoms with Crippen molar-refractivity contribution in [3.05, 3.63) is 54.1 Å². The number of benzene rings is 2. The van der Waals surface area contributed by atoms with E-state index in [2.05, 4.69) is 26.2 Å². The van der Waals surface area contributed by atoms with Gasteiger partial charge in [-0.15, -0.1) is 15.0 Å². The molecule has 0 saturated carbocycles. The molecule has 3 aromatic rings. The summed E-state index contributed by atoms with van der Waals surface area (Å²) in [6.07, 6.45) is 0. The van der Waals surface area contributed by atoms with Crippen LogP contribution in [0.4, 0.5) is 5.69 Å². The molecule has 0 unspecified atom stereocenters. The van der Waals surface area contributed by atoms with Crippen molar-refractivity contribution >= 4 is 27.5 Å². The molecule has 0 fully saturated rings. The average Bonchev–Trinajstić information content (AvgIpc) is 3.15. The van der Waals surface area contributed by atoms with Gasteiger partial charge in [0.05, 0.1) is 4.90 Å². The Balaban J connectivity index is 1.57. The first-order chi connectivity index (χ1) is 14.2. The van der Waals surface area contributed by atoms with Crippen LogP contribution < -0.4 is 15.6 Å². The van der Waals surface area contributed by atoms with Gasteiger partial charge < -0.3 is 5.32 Å². The Kier molecular flexibility index (Phi) is 6.18. The minimum absolute atomic E-state index is 0.0857. The molecule has 12 heteroatoms. The second-order valence-corrected chi connectivity index (χ2v) is 8.05. The normalized spacial score (nSPS) is 11.1. The van der Waals surface area contributed by atoms with E-state index in [4.69, 9.17) is 0 Å². The number of hydrogen-bond acceptors (Lipinski definition) is 7. The number of amides is 2. The number of hydrogen-bond donors (Lipinski definition) is 3. The predicted molar refractivity (Wildman–Crippen MR) is 107 cm³/mol. The number of hydrazine groups is 1. The molecule has 2 aromatic carbocycles. The molecular formula is C18H19N7O4S. The summed E-state index contributed by atoms with van der Waals surface area (Å²) < 4.78 is 24.6. The van der Waals surface area contributed by atoms with Crippen molar-refractivity contribution in [1.82, 2.24) is 30.5 Å². The lowest BCUT2D eigenvalue weighted by Crippen LogP contribution is -2.43. The summed E-state index contributed by atoms with van der Waals surface area (Å²) in [5.41, 5.74) is 4.38. The van der Waals surface area contributed by atoms with Crippen LogP contribution in [0.25, 0.3) is 11.4 Å². The fraction of sp³-hybridized carbons (Fsp3) is 0.167. The molecule has 156 valence electrons. The molecule has 0 radical (unpaired) electrons. The van der Waals surface area contributed by atoms with Gasteiger partial charge in [-0.25, -0.2) is 8.42 Å². The van der Waals surface area contributed by atoms with Gasteiger partial charge in [-0.1, -0.05) is 29.8 Å². The Hall–Kier alpha value is -3.64. The first kappa shape index (κ1) is 21.1. The fourth-order valence-corrected chi connectivity index (χ4v) is 3.26. The van der Waals surface area contributed by atoms with Gasteiger partial charge in [-0.3, -0.25) is 15.0 Å². The van der Waals surface area contributed by atoms with Crippen LogP contribution in [0.15, 0.2) is 53.4 Å². The SMILES string of the molecule is CC(=O)Nc1ccc(S(=O)(=O)NNC(=O)Cn2nnc(-c3ccc(C)cc3)n2)cc1. The van der Waals surface area contributed by atoms with Crippen LogP contribution in [0.5, 0.6) is 0 Å². The van der Waals surface area contributed by atoms with Crippen molar-refractivity contribution in [1.29, 1.82) is 0 Å². The van der Waals surface area contributed by atoms with Crippen molar-refractivity contribution in [3.63, 3.8) is 0 Å². The smallest absolute Gasteiger partial charge is 0.258 e. The molecule has 3 N–H and O–H groups in total. The van der Waals surface area contributed by atoms with E-state index in [0.717, 1.165) is 15.9 Å². The fourth-order valence-electron chi connectivity index (χ4n) is 2.40. The minimum atomic E-state index is -4.00. The highest BCUT2D eigenvalue weighted by atomic mass is 32.2. The monoisotopic (exact) mass is 429 g/mol. The van der Waals surface area contributed by atoms with E-state index in [1.807, 2.05) is 36.0 Å². The van der Waals surface area contributed by atoms with Gasteiger partial charge in [0.1, 0.15) is 6.54 Å². The Morgan fingerprint density at radius 3 is 2.33 bits per heavy atom. The zero-order valence-electron chi connectivity index (χ0n) is 16.2. The van der Waals surface area contributed by atoms with Crippen LogP contribution in [-0.4, -0.2) is 40.4 Å². The Morgan fingerprint density at radius 2 is 1.70 bits per heavy atom. The van der Waals surface area contributed by atoms with Gasteiger partial charge in [0.15, 0.2) is 0 Å². The van der Waals surface area contributed by atoms with E-state index >= 15 is 0 Å². The summed E-state index contributed by atoms with van der Waals surface area (Å²) >= 11 is 0. The third kappa shape index (κ3) is 5.46. The lowest BCUT2D eigenvalue weighted by atomic mass is 10.1. The molecule has 0 bridgehead atoms. The highest BCUT2D eigenvalue weighted by Gasteiger charge is 2.16. The predicted octanol–water partition coefficient (Wildman–Crippen LogP) is 0.617. The van der Waals surface area contributed by atoms with Crippen molar-refractivity contribution < 1.29 is 18.0 Å². The molecule has 3 rings (SSSR count). The molecule has 0 saturated heterocycles. The largest absolute Gasteiger partial charge is 0.326 e. The van der Waals surface area contributed by atoms with Gasteiger partial charge in [0.2, 0.25) is 11.7 Å². The topological polar surface area (TPSA) is 148 Å². The maximum Gasteiger partial charge on any atom is 0.258 e. The van der Waals surface area contributed by atoms with Crippen LogP contribution in [0.1, 0.15) is 12.5 Å². The maximum absolute atomic E-state index is 12.3. The molecule has 1 heterocycles. The van der Waals surface area contributed by atoms with Gasteiger partial charge in [-0.2, -0.15) is 4.80 Å². The minimum Gasteiger partial charge on any atom is -0.326 e. The molecule has 0 atom stereocenters. The van der Waals surface area contributed by atoms with Crippen LogP contribution in [0, 0.1) is 6.92 Å². The second kappa shape index (κ2) is 8.80.